The normalized spacial score (nSPS) is 14.1. The molecule has 0 aromatic heterocycles. The van der Waals surface area contributed by atoms with Crippen LogP contribution in [0.2, 0.25) is 0 Å². The van der Waals surface area contributed by atoms with Crippen LogP contribution in [0.25, 0.3) is 0 Å². The first-order valence-corrected chi connectivity index (χ1v) is 4.98. The van der Waals surface area contributed by atoms with E-state index in [1.807, 2.05) is 0 Å². The van der Waals surface area contributed by atoms with Gasteiger partial charge < -0.3 is 5.11 Å². The summed E-state index contributed by atoms with van der Waals surface area (Å²) in [6.07, 6.45) is 0. The summed E-state index contributed by atoms with van der Waals surface area (Å²) in [6, 6.07) is 5.81. The van der Waals surface area contributed by atoms with Crippen LogP contribution in [0.3, 0.4) is 0 Å². The number of nitrogens with zero attached hydrogens (tertiary/aromatic N) is 1. The van der Waals surface area contributed by atoms with E-state index in [0.29, 0.717) is 5.56 Å². The van der Waals surface area contributed by atoms with Crippen LogP contribution in [0, 0.1) is 10.1 Å². The Morgan fingerprint density at radius 2 is 2.19 bits per heavy atom. The van der Waals surface area contributed by atoms with Crippen molar-refractivity contribution in [3.05, 3.63) is 39.9 Å². The smallest absolute Gasteiger partial charge is 0.322 e. The van der Waals surface area contributed by atoms with Crippen molar-refractivity contribution in [2.45, 2.75) is 18.2 Å². The fourth-order valence-corrected chi connectivity index (χ4v) is 1.45. The number of nitro benzene ring substituents is 1. The lowest BCUT2D eigenvalue weighted by atomic mass is 9.97. The van der Waals surface area contributed by atoms with Gasteiger partial charge in [-0.1, -0.05) is 19.1 Å². The fourth-order valence-electron chi connectivity index (χ4n) is 1.30. The molecule has 0 aliphatic rings. The Labute approximate surface area is 96.8 Å². The minimum Gasteiger partial charge on any atom is -0.480 e. The van der Waals surface area contributed by atoms with Gasteiger partial charge in [-0.3, -0.25) is 14.9 Å². The molecular weight excluding hydrogens is 234 g/mol. The van der Waals surface area contributed by atoms with E-state index in [1.165, 1.54) is 18.2 Å². The molecule has 0 fully saturated rings. The molecule has 0 aliphatic heterocycles. The van der Waals surface area contributed by atoms with Gasteiger partial charge in [-0.2, -0.15) is 0 Å². The maximum atomic E-state index is 10.7. The van der Waals surface area contributed by atoms with Crippen LogP contribution in [0.15, 0.2) is 24.3 Å². The van der Waals surface area contributed by atoms with E-state index in [4.69, 9.17) is 16.7 Å². The molecule has 0 saturated carbocycles. The first-order valence-electron chi connectivity index (χ1n) is 4.54. The van der Waals surface area contributed by atoms with E-state index in [-0.39, 0.29) is 5.69 Å². The van der Waals surface area contributed by atoms with Gasteiger partial charge in [0, 0.05) is 18.1 Å². The Morgan fingerprint density at radius 3 is 2.69 bits per heavy atom. The molecule has 1 aromatic rings. The average Bonchev–Trinajstić information content (AvgIpc) is 2.27. The van der Waals surface area contributed by atoms with Crippen molar-refractivity contribution in [1.82, 2.24) is 0 Å². The van der Waals surface area contributed by atoms with E-state index in [0.717, 1.165) is 0 Å². The second kappa shape index (κ2) is 4.94. The number of hydrogen-bond donors (Lipinski definition) is 1. The zero-order valence-corrected chi connectivity index (χ0v) is 9.22. The summed E-state index contributed by atoms with van der Waals surface area (Å²) < 4.78 is 0. The van der Waals surface area contributed by atoms with Crippen LogP contribution >= 0.6 is 11.6 Å². The number of non-ortho nitro benzene ring substituents is 1. The molecule has 0 radical (unpaired) electrons. The van der Waals surface area contributed by atoms with Gasteiger partial charge in [0.05, 0.1) is 4.92 Å². The molecule has 1 aromatic carbocycles. The van der Waals surface area contributed by atoms with E-state index in [1.54, 1.807) is 13.0 Å². The Morgan fingerprint density at radius 1 is 1.56 bits per heavy atom. The van der Waals surface area contributed by atoms with Gasteiger partial charge in [0.1, 0.15) is 5.38 Å². The summed E-state index contributed by atoms with van der Waals surface area (Å²) >= 11 is 5.66. The van der Waals surface area contributed by atoms with Crippen molar-refractivity contribution in [3.8, 4) is 0 Å². The van der Waals surface area contributed by atoms with Crippen LogP contribution in [0.1, 0.15) is 18.4 Å². The number of halogens is 1. The van der Waals surface area contributed by atoms with Crippen molar-refractivity contribution in [1.29, 1.82) is 0 Å². The number of carbonyl (C=O) groups is 1. The zero-order valence-electron chi connectivity index (χ0n) is 8.46. The van der Waals surface area contributed by atoms with Crippen LogP contribution in [-0.4, -0.2) is 21.4 Å². The van der Waals surface area contributed by atoms with Crippen LogP contribution in [0.4, 0.5) is 5.69 Å². The van der Waals surface area contributed by atoms with E-state index in [2.05, 4.69) is 0 Å². The van der Waals surface area contributed by atoms with E-state index >= 15 is 0 Å². The fraction of sp³-hybridized carbons (Fsp3) is 0.300. The quantitative estimate of drug-likeness (QED) is 0.500. The molecule has 1 N–H and O–H groups in total. The molecule has 6 heteroatoms. The SMILES string of the molecule is C[C@H](c1cccc([N+](=O)[O-])c1)[C@@H](Cl)C(=O)O. The Kier molecular flexibility index (Phi) is 3.84. The molecule has 16 heavy (non-hydrogen) atoms. The number of rotatable bonds is 4. The maximum absolute atomic E-state index is 10.7. The lowest BCUT2D eigenvalue weighted by Crippen LogP contribution is -2.20. The standard InChI is InChI=1S/C10H10ClNO4/c1-6(9(11)10(13)14)7-3-2-4-8(5-7)12(15)16/h2-6,9H,1H3,(H,13,14)/t6-,9-/m1/s1. The first kappa shape index (κ1) is 12.4. The molecule has 0 amide bonds. The van der Waals surface area contributed by atoms with Gasteiger partial charge in [-0.15, -0.1) is 11.6 Å². The minimum absolute atomic E-state index is 0.0707. The number of aliphatic carboxylic acids is 1. The molecule has 5 nitrogen and oxygen atoms in total. The number of alkyl halides is 1. The number of nitro groups is 1. The summed E-state index contributed by atoms with van der Waals surface area (Å²) in [6.45, 7) is 1.62. The zero-order chi connectivity index (χ0) is 12.3. The van der Waals surface area contributed by atoms with Crippen molar-refractivity contribution in [2.24, 2.45) is 0 Å². The van der Waals surface area contributed by atoms with Gasteiger partial charge in [0.2, 0.25) is 0 Å². The lowest BCUT2D eigenvalue weighted by molar-refractivity contribution is -0.384. The monoisotopic (exact) mass is 243 g/mol. The third kappa shape index (κ3) is 2.70. The summed E-state index contributed by atoms with van der Waals surface area (Å²) in [5.74, 6) is -1.63. The molecule has 0 saturated heterocycles. The molecule has 2 atom stereocenters. The predicted molar refractivity (Wildman–Crippen MR) is 58.8 cm³/mol. The average molecular weight is 244 g/mol. The van der Waals surface area contributed by atoms with E-state index < -0.39 is 22.2 Å². The molecular formula is C10H10ClNO4. The van der Waals surface area contributed by atoms with Gasteiger partial charge >= 0.3 is 5.97 Å². The van der Waals surface area contributed by atoms with Gasteiger partial charge in [0.15, 0.2) is 0 Å². The molecule has 86 valence electrons. The highest BCUT2D eigenvalue weighted by atomic mass is 35.5. The summed E-state index contributed by atoms with van der Waals surface area (Å²) in [4.78, 5) is 20.7. The highest BCUT2D eigenvalue weighted by molar-refractivity contribution is 6.30. The van der Waals surface area contributed by atoms with Gasteiger partial charge in [-0.05, 0) is 5.56 Å². The Hall–Kier alpha value is -1.62. The molecule has 0 heterocycles. The Bertz CT molecular complexity index is 421. The molecule has 0 aliphatic carbocycles. The summed E-state index contributed by atoms with van der Waals surface area (Å²) in [5, 5.41) is 18.2. The maximum Gasteiger partial charge on any atom is 0.322 e. The summed E-state index contributed by atoms with van der Waals surface area (Å²) in [5.41, 5.74) is 0.468. The van der Waals surface area contributed by atoms with Gasteiger partial charge in [-0.25, -0.2) is 0 Å². The third-order valence-electron chi connectivity index (χ3n) is 2.28. The largest absolute Gasteiger partial charge is 0.480 e. The molecule has 0 spiro atoms. The molecule has 1 rings (SSSR count). The predicted octanol–water partition coefficient (Wildman–Crippen LogP) is 2.39. The minimum atomic E-state index is -1.14. The second-order valence-corrected chi connectivity index (χ2v) is 3.85. The second-order valence-electron chi connectivity index (χ2n) is 3.38. The molecule has 0 unspecified atom stereocenters. The Balaban J connectivity index is 3.00. The van der Waals surface area contributed by atoms with Crippen molar-refractivity contribution in [2.75, 3.05) is 0 Å². The number of carboxylic acid groups (broad SMARTS) is 1. The van der Waals surface area contributed by atoms with Crippen molar-refractivity contribution >= 4 is 23.3 Å². The van der Waals surface area contributed by atoms with Crippen LogP contribution in [0.5, 0.6) is 0 Å². The molecule has 0 bridgehead atoms. The van der Waals surface area contributed by atoms with Crippen molar-refractivity contribution in [3.63, 3.8) is 0 Å². The highest BCUT2D eigenvalue weighted by Crippen LogP contribution is 2.26. The first-order chi connectivity index (χ1) is 7.43. The topological polar surface area (TPSA) is 80.4 Å². The highest BCUT2D eigenvalue weighted by Gasteiger charge is 2.24. The van der Waals surface area contributed by atoms with Crippen LogP contribution < -0.4 is 0 Å². The van der Waals surface area contributed by atoms with Gasteiger partial charge in [0.25, 0.3) is 5.69 Å². The van der Waals surface area contributed by atoms with Crippen molar-refractivity contribution < 1.29 is 14.8 Å². The lowest BCUT2D eigenvalue weighted by Gasteiger charge is -2.14. The van der Waals surface area contributed by atoms with E-state index in [9.17, 15) is 14.9 Å². The summed E-state index contributed by atoms with van der Waals surface area (Å²) in [7, 11) is 0. The number of benzene rings is 1. The van der Waals surface area contributed by atoms with Crippen LogP contribution in [-0.2, 0) is 4.79 Å². The third-order valence-corrected chi connectivity index (χ3v) is 2.85. The number of hydrogen-bond acceptors (Lipinski definition) is 3. The number of carboxylic acids is 1.